The summed E-state index contributed by atoms with van der Waals surface area (Å²) >= 11 is 6.38. The summed E-state index contributed by atoms with van der Waals surface area (Å²) in [5.41, 5.74) is 2.08. The molecule has 0 fully saturated rings. The summed E-state index contributed by atoms with van der Waals surface area (Å²) in [6.07, 6.45) is 20.0. The maximum Gasteiger partial charge on any atom is 0.329 e. The number of nitrogens with zero attached hydrogens (tertiary/aromatic N) is 2. The maximum absolute atomic E-state index is 12.5. The lowest BCUT2D eigenvalue weighted by atomic mass is 9.97. The monoisotopic (exact) mass is 514 g/mol. The number of carbonyl (C=O) groups excluding carboxylic acids is 1. The van der Waals surface area contributed by atoms with Gasteiger partial charge in [0, 0.05) is 18.0 Å². The quantitative estimate of drug-likeness (QED) is 0.0860. The Bertz CT molecular complexity index is 852. The van der Waals surface area contributed by atoms with Crippen LogP contribution < -0.4 is 4.74 Å². The molecule has 4 nitrogen and oxygen atoms in total. The van der Waals surface area contributed by atoms with Crippen LogP contribution in [0.5, 0.6) is 5.75 Å². The summed E-state index contributed by atoms with van der Waals surface area (Å²) in [6.45, 7) is 8.69. The van der Waals surface area contributed by atoms with E-state index in [0.29, 0.717) is 17.5 Å². The third-order valence-electron chi connectivity index (χ3n) is 6.77. The SMILES string of the molecule is CCCCCCCCCCCc1cnc(-c2ccc(OC(=O)C(Cl)C(C)CCCC(C)C)cc2)nc1. The third-order valence-corrected chi connectivity index (χ3v) is 7.38. The molecular formula is C31H47ClN2O2. The molecule has 2 aromatic rings. The van der Waals surface area contributed by atoms with Gasteiger partial charge in [-0.3, -0.25) is 4.79 Å². The summed E-state index contributed by atoms with van der Waals surface area (Å²) in [5.74, 6) is 1.53. The average molecular weight is 515 g/mol. The first-order chi connectivity index (χ1) is 17.4. The van der Waals surface area contributed by atoms with Crippen molar-refractivity contribution in [3.63, 3.8) is 0 Å². The van der Waals surface area contributed by atoms with Crippen LogP contribution in [0.4, 0.5) is 0 Å². The van der Waals surface area contributed by atoms with Crippen molar-refractivity contribution in [3.05, 3.63) is 42.2 Å². The molecule has 0 amide bonds. The number of ether oxygens (including phenoxy) is 1. The van der Waals surface area contributed by atoms with Gasteiger partial charge in [-0.1, -0.05) is 91.9 Å². The average Bonchev–Trinajstić information content (AvgIpc) is 2.88. The molecule has 0 saturated carbocycles. The van der Waals surface area contributed by atoms with Gasteiger partial charge in [0.25, 0.3) is 0 Å². The molecule has 1 aromatic carbocycles. The highest BCUT2D eigenvalue weighted by atomic mass is 35.5. The molecule has 2 unspecified atom stereocenters. The molecule has 0 saturated heterocycles. The van der Waals surface area contributed by atoms with E-state index in [1.54, 1.807) is 12.1 Å². The van der Waals surface area contributed by atoms with E-state index < -0.39 is 11.3 Å². The van der Waals surface area contributed by atoms with E-state index in [1.807, 2.05) is 31.5 Å². The van der Waals surface area contributed by atoms with Gasteiger partial charge in [-0.15, -0.1) is 11.6 Å². The second kappa shape index (κ2) is 17.5. The van der Waals surface area contributed by atoms with E-state index in [0.717, 1.165) is 31.2 Å². The van der Waals surface area contributed by atoms with E-state index in [9.17, 15) is 4.79 Å². The van der Waals surface area contributed by atoms with Crippen molar-refractivity contribution in [2.75, 3.05) is 0 Å². The summed E-state index contributed by atoms with van der Waals surface area (Å²) in [5, 5.41) is -0.640. The molecule has 0 bridgehead atoms. The van der Waals surface area contributed by atoms with Gasteiger partial charge in [0.05, 0.1) is 0 Å². The topological polar surface area (TPSA) is 52.1 Å². The first-order valence-electron chi connectivity index (χ1n) is 14.2. The van der Waals surface area contributed by atoms with Crippen LogP contribution in [0.3, 0.4) is 0 Å². The molecule has 0 radical (unpaired) electrons. The Morgan fingerprint density at radius 2 is 1.42 bits per heavy atom. The Hall–Kier alpha value is -1.94. The molecular weight excluding hydrogens is 468 g/mol. The van der Waals surface area contributed by atoms with Crippen molar-refractivity contribution in [2.24, 2.45) is 11.8 Å². The Balaban J connectivity index is 1.73. The van der Waals surface area contributed by atoms with E-state index in [1.165, 1.54) is 63.4 Å². The van der Waals surface area contributed by atoms with Crippen molar-refractivity contribution < 1.29 is 9.53 Å². The molecule has 1 aromatic heterocycles. The van der Waals surface area contributed by atoms with Crippen molar-refractivity contribution in [3.8, 4) is 17.1 Å². The zero-order valence-electron chi connectivity index (χ0n) is 23.0. The van der Waals surface area contributed by atoms with Gasteiger partial charge in [-0.2, -0.15) is 0 Å². The van der Waals surface area contributed by atoms with Crippen molar-refractivity contribution >= 4 is 17.6 Å². The van der Waals surface area contributed by atoms with Gasteiger partial charge in [-0.05, 0) is 60.9 Å². The lowest BCUT2D eigenvalue weighted by Crippen LogP contribution is -2.27. The standard InChI is InChI=1S/C31H47ClN2O2/c1-5-6-7-8-9-10-11-12-13-17-26-22-33-30(34-23-26)27-18-20-28(21-19-27)36-31(35)29(32)25(4)16-14-15-24(2)3/h18-25,29H,5-17H2,1-4H3. The molecule has 2 atom stereocenters. The van der Waals surface area contributed by atoms with Crippen LogP contribution in [0.1, 0.15) is 110 Å². The Labute approximate surface area is 224 Å². The van der Waals surface area contributed by atoms with Crippen LogP contribution in [0.2, 0.25) is 0 Å². The molecule has 200 valence electrons. The van der Waals surface area contributed by atoms with Gasteiger partial charge >= 0.3 is 5.97 Å². The van der Waals surface area contributed by atoms with Crippen LogP contribution in [0, 0.1) is 11.8 Å². The Kier molecular flexibility index (Phi) is 14.7. The van der Waals surface area contributed by atoms with Crippen molar-refractivity contribution in [1.82, 2.24) is 9.97 Å². The highest BCUT2D eigenvalue weighted by molar-refractivity contribution is 6.30. The smallest absolute Gasteiger partial charge is 0.329 e. The number of unbranched alkanes of at least 4 members (excludes halogenated alkanes) is 8. The minimum atomic E-state index is -0.640. The number of hydrogen-bond donors (Lipinski definition) is 0. The number of halogens is 1. The van der Waals surface area contributed by atoms with Crippen LogP contribution >= 0.6 is 11.6 Å². The number of aromatic nitrogens is 2. The predicted molar refractivity (Wildman–Crippen MR) is 152 cm³/mol. The number of alkyl halides is 1. The first-order valence-corrected chi connectivity index (χ1v) is 14.6. The molecule has 0 spiro atoms. The zero-order valence-corrected chi connectivity index (χ0v) is 23.7. The zero-order chi connectivity index (χ0) is 26.2. The lowest BCUT2D eigenvalue weighted by molar-refractivity contribution is -0.134. The minimum Gasteiger partial charge on any atom is -0.425 e. The fourth-order valence-corrected chi connectivity index (χ4v) is 4.51. The van der Waals surface area contributed by atoms with Gasteiger partial charge in [0.2, 0.25) is 0 Å². The molecule has 2 rings (SSSR count). The number of rotatable bonds is 18. The number of hydrogen-bond acceptors (Lipinski definition) is 4. The van der Waals surface area contributed by atoms with Gasteiger partial charge in [0.1, 0.15) is 11.1 Å². The van der Waals surface area contributed by atoms with E-state index in [4.69, 9.17) is 16.3 Å². The largest absolute Gasteiger partial charge is 0.425 e. The van der Waals surface area contributed by atoms with Crippen LogP contribution in [-0.4, -0.2) is 21.3 Å². The van der Waals surface area contributed by atoms with Gasteiger partial charge in [-0.25, -0.2) is 9.97 Å². The third kappa shape index (κ3) is 11.9. The van der Waals surface area contributed by atoms with Gasteiger partial charge in [0.15, 0.2) is 5.82 Å². The second-order valence-electron chi connectivity index (χ2n) is 10.6. The number of esters is 1. The highest BCUT2D eigenvalue weighted by Crippen LogP contribution is 2.24. The predicted octanol–water partition coefficient (Wildman–Crippen LogP) is 9.19. The maximum atomic E-state index is 12.5. The van der Waals surface area contributed by atoms with Gasteiger partial charge < -0.3 is 4.74 Å². The summed E-state index contributed by atoms with van der Waals surface area (Å²) in [6, 6.07) is 7.32. The lowest BCUT2D eigenvalue weighted by Gasteiger charge is -2.17. The molecule has 36 heavy (non-hydrogen) atoms. The molecule has 1 heterocycles. The van der Waals surface area contributed by atoms with E-state index in [-0.39, 0.29) is 5.92 Å². The second-order valence-corrected chi connectivity index (χ2v) is 11.1. The van der Waals surface area contributed by atoms with Crippen LogP contribution in [-0.2, 0) is 11.2 Å². The van der Waals surface area contributed by atoms with Crippen molar-refractivity contribution in [2.45, 2.75) is 117 Å². The first kappa shape index (κ1) is 30.3. The summed E-state index contributed by atoms with van der Waals surface area (Å²) in [4.78, 5) is 21.6. The molecule has 0 N–H and O–H groups in total. The molecule has 0 aliphatic rings. The molecule has 0 aliphatic heterocycles. The molecule has 0 aliphatic carbocycles. The highest BCUT2D eigenvalue weighted by Gasteiger charge is 2.24. The van der Waals surface area contributed by atoms with Crippen LogP contribution in [0.15, 0.2) is 36.7 Å². The fourth-order valence-electron chi connectivity index (χ4n) is 4.34. The van der Waals surface area contributed by atoms with Crippen LogP contribution in [0.25, 0.3) is 11.4 Å². The molecule has 5 heteroatoms. The fraction of sp³-hybridized carbons (Fsp3) is 0.645. The summed E-state index contributed by atoms with van der Waals surface area (Å²) < 4.78 is 5.52. The number of benzene rings is 1. The Morgan fingerprint density at radius 3 is 2.00 bits per heavy atom. The van der Waals surface area contributed by atoms with Crippen molar-refractivity contribution in [1.29, 1.82) is 0 Å². The van der Waals surface area contributed by atoms with E-state index in [2.05, 4.69) is 30.7 Å². The number of aryl methyl sites for hydroxylation is 1. The normalized spacial score (nSPS) is 13.1. The number of carbonyl (C=O) groups is 1. The minimum absolute atomic E-state index is 0.0830. The summed E-state index contributed by atoms with van der Waals surface area (Å²) in [7, 11) is 0. The van der Waals surface area contributed by atoms with E-state index >= 15 is 0 Å². The Morgan fingerprint density at radius 1 is 0.833 bits per heavy atom.